The number of rotatable bonds is 8. The van der Waals surface area contributed by atoms with Gasteiger partial charge in [-0.3, -0.25) is 0 Å². The van der Waals surface area contributed by atoms with Crippen LogP contribution < -0.4 is 11.1 Å². The van der Waals surface area contributed by atoms with Gasteiger partial charge in [-0.25, -0.2) is 13.4 Å². The molecule has 8 heteroatoms. The second-order valence-corrected chi connectivity index (χ2v) is 8.32. The van der Waals surface area contributed by atoms with Crippen molar-refractivity contribution in [1.82, 2.24) is 15.3 Å². The molecular formula is C16H22N4O2S2. The number of nitrogens with one attached hydrogen (secondary N) is 2. The number of nitrogens with two attached hydrogens (primary N) is 1. The Bertz CT molecular complexity index is 796. The van der Waals surface area contributed by atoms with Crippen molar-refractivity contribution < 1.29 is 8.42 Å². The first kappa shape index (κ1) is 18.4. The standard InChI is InChI=1S/C16H22N4O2S2/c1-12-3-5-14(6-4-12)24(21,22)16(9-17)18-7-8-23-10-15-13(2)19-11-20-15/h3-6,9,11,18H,7-8,10,17H2,1-2H3,(H,19,20). The highest BCUT2D eigenvalue weighted by Crippen LogP contribution is 2.18. The minimum Gasteiger partial charge on any atom is -0.402 e. The van der Waals surface area contributed by atoms with Crippen molar-refractivity contribution in [2.75, 3.05) is 12.3 Å². The molecule has 0 aliphatic heterocycles. The fraction of sp³-hybridized carbons (Fsp3) is 0.312. The Hall–Kier alpha value is -1.93. The van der Waals surface area contributed by atoms with Crippen molar-refractivity contribution in [2.45, 2.75) is 24.5 Å². The number of imidazole rings is 1. The van der Waals surface area contributed by atoms with Crippen LogP contribution in [0.3, 0.4) is 0 Å². The smallest absolute Gasteiger partial charge is 0.222 e. The van der Waals surface area contributed by atoms with Gasteiger partial charge in [0.1, 0.15) is 5.03 Å². The molecule has 2 rings (SSSR count). The van der Waals surface area contributed by atoms with Crippen molar-refractivity contribution in [1.29, 1.82) is 0 Å². The first-order valence-electron chi connectivity index (χ1n) is 7.49. The number of H-pyrrole nitrogens is 1. The summed E-state index contributed by atoms with van der Waals surface area (Å²) < 4.78 is 25.1. The molecule has 0 aliphatic carbocycles. The number of nitrogens with zero attached hydrogens (tertiary/aromatic N) is 1. The zero-order valence-corrected chi connectivity index (χ0v) is 15.4. The summed E-state index contributed by atoms with van der Waals surface area (Å²) in [6.45, 7) is 4.37. The number of hydrogen-bond donors (Lipinski definition) is 3. The molecule has 0 saturated heterocycles. The average Bonchev–Trinajstić information content (AvgIpc) is 2.96. The summed E-state index contributed by atoms with van der Waals surface area (Å²) >= 11 is 1.69. The maximum absolute atomic E-state index is 12.5. The highest BCUT2D eigenvalue weighted by Gasteiger charge is 2.19. The van der Waals surface area contributed by atoms with Gasteiger partial charge < -0.3 is 16.0 Å². The van der Waals surface area contributed by atoms with Crippen molar-refractivity contribution in [2.24, 2.45) is 5.73 Å². The number of aryl methyl sites for hydroxylation is 2. The molecule has 1 aromatic heterocycles. The Morgan fingerprint density at radius 1 is 1.33 bits per heavy atom. The average molecular weight is 367 g/mol. The third kappa shape index (κ3) is 4.55. The first-order valence-corrected chi connectivity index (χ1v) is 10.1. The largest absolute Gasteiger partial charge is 0.402 e. The van der Waals surface area contributed by atoms with Crippen LogP contribution >= 0.6 is 11.8 Å². The van der Waals surface area contributed by atoms with E-state index in [4.69, 9.17) is 5.73 Å². The molecule has 2 aromatic rings. The van der Waals surface area contributed by atoms with E-state index in [1.807, 2.05) is 13.8 Å². The maximum Gasteiger partial charge on any atom is 0.222 e. The molecule has 1 heterocycles. The molecule has 1 aromatic carbocycles. The summed E-state index contributed by atoms with van der Waals surface area (Å²) in [5.74, 6) is 1.55. The molecule has 24 heavy (non-hydrogen) atoms. The SMILES string of the molecule is Cc1ccc(S(=O)(=O)C(=CN)NCCSCc2[nH]cnc2C)cc1. The molecule has 0 aliphatic rings. The predicted octanol–water partition coefficient (Wildman–Crippen LogP) is 2.08. The van der Waals surface area contributed by atoms with Gasteiger partial charge in [-0.1, -0.05) is 17.7 Å². The summed E-state index contributed by atoms with van der Waals surface area (Å²) in [4.78, 5) is 7.46. The van der Waals surface area contributed by atoms with Gasteiger partial charge in [0, 0.05) is 29.9 Å². The van der Waals surface area contributed by atoms with Crippen LogP contribution in [0.1, 0.15) is 17.0 Å². The van der Waals surface area contributed by atoms with Gasteiger partial charge in [-0.05, 0) is 26.0 Å². The van der Waals surface area contributed by atoms with Crippen LogP contribution in [0.4, 0.5) is 0 Å². The van der Waals surface area contributed by atoms with E-state index in [-0.39, 0.29) is 9.92 Å². The molecule has 0 fully saturated rings. The van der Waals surface area contributed by atoms with E-state index in [1.54, 1.807) is 42.4 Å². The summed E-state index contributed by atoms with van der Waals surface area (Å²) in [5, 5.41) is 2.95. The summed E-state index contributed by atoms with van der Waals surface area (Å²) in [5.41, 5.74) is 8.59. The highest BCUT2D eigenvalue weighted by molar-refractivity contribution is 7.98. The normalized spacial score (nSPS) is 12.3. The second-order valence-electron chi connectivity index (χ2n) is 5.29. The van der Waals surface area contributed by atoms with E-state index < -0.39 is 9.84 Å². The topological polar surface area (TPSA) is 101 Å². The van der Waals surface area contributed by atoms with Crippen molar-refractivity contribution >= 4 is 21.6 Å². The summed E-state index contributed by atoms with van der Waals surface area (Å²) in [6, 6.07) is 6.71. The van der Waals surface area contributed by atoms with Crippen LogP contribution in [0.15, 0.2) is 46.7 Å². The molecule has 0 radical (unpaired) electrons. The number of hydrogen-bond acceptors (Lipinski definition) is 6. The van der Waals surface area contributed by atoms with E-state index in [0.717, 1.165) is 34.7 Å². The molecule has 0 unspecified atom stereocenters. The van der Waals surface area contributed by atoms with E-state index in [0.29, 0.717) is 6.54 Å². The number of aromatic nitrogens is 2. The lowest BCUT2D eigenvalue weighted by Gasteiger charge is -2.11. The number of benzene rings is 1. The quantitative estimate of drug-likeness (QED) is 0.619. The molecule has 4 N–H and O–H groups in total. The van der Waals surface area contributed by atoms with Gasteiger partial charge >= 0.3 is 0 Å². The third-order valence-electron chi connectivity index (χ3n) is 3.50. The fourth-order valence-corrected chi connectivity index (χ4v) is 4.15. The lowest BCUT2D eigenvalue weighted by Crippen LogP contribution is -2.24. The van der Waals surface area contributed by atoms with E-state index in [2.05, 4.69) is 15.3 Å². The van der Waals surface area contributed by atoms with Crippen LogP contribution in [0, 0.1) is 13.8 Å². The predicted molar refractivity (Wildman–Crippen MR) is 98.1 cm³/mol. The van der Waals surface area contributed by atoms with E-state index >= 15 is 0 Å². The summed E-state index contributed by atoms with van der Waals surface area (Å²) in [6.07, 6.45) is 2.78. The Morgan fingerprint density at radius 3 is 2.62 bits per heavy atom. The van der Waals surface area contributed by atoms with Gasteiger partial charge in [-0.15, -0.1) is 0 Å². The number of thioether (sulfide) groups is 1. The molecular weight excluding hydrogens is 344 g/mol. The zero-order valence-electron chi connectivity index (χ0n) is 13.7. The van der Waals surface area contributed by atoms with Crippen LogP contribution in [-0.2, 0) is 15.6 Å². The Kier molecular flexibility index (Phi) is 6.33. The van der Waals surface area contributed by atoms with Gasteiger partial charge in [0.05, 0.1) is 16.9 Å². The maximum atomic E-state index is 12.5. The van der Waals surface area contributed by atoms with E-state index in [9.17, 15) is 8.42 Å². The van der Waals surface area contributed by atoms with Crippen LogP contribution in [0.5, 0.6) is 0 Å². The fourth-order valence-electron chi connectivity index (χ4n) is 2.04. The first-order chi connectivity index (χ1) is 11.4. The van der Waals surface area contributed by atoms with Crippen molar-refractivity contribution in [3.63, 3.8) is 0 Å². The summed E-state index contributed by atoms with van der Waals surface area (Å²) in [7, 11) is -3.61. The Morgan fingerprint density at radius 2 is 2.04 bits per heavy atom. The monoisotopic (exact) mass is 366 g/mol. The lowest BCUT2D eigenvalue weighted by molar-refractivity contribution is 0.597. The minimum absolute atomic E-state index is 0.0321. The molecule has 0 spiro atoms. The van der Waals surface area contributed by atoms with Gasteiger partial charge in [-0.2, -0.15) is 11.8 Å². The zero-order chi connectivity index (χ0) is 17.6. The van der Waals surface area contributed by atoms with Gasteiger partial charge in [0.25, 0.3) is 0 Å². The Balaban J connectivity index is 1.88. The molecule has 130 valence electrons. The molecule has 0 atom stereocenters. The van der Waals surface area contributed by atoms with Crippen LogP contribution in [-0.4, -0.2) is 30.7 Å². The van der Waals surface area contributed by atoms with E-state index in [1.165, 1.54) is 0 Å². The second kappa shape index (κ2) is 8.25. The van der Waals surface area contributed by atoms with Crippen LogP contribution in [0.25, 0.3) is 0 Å². The molecule has 0 saturated carbocycles. The molecule has 0 amide bonds. The lowest BCUT2D eigenvalue weighted by atomic mass is 10.2. The number of sulfone groups is 1. The van der Waals surface area contributed by atoms with Crippen molar-refractivity contribution in [3.8, 4) is 0 Å². The third-order valence-corrected chi connectivity index (χ3v) is 6.24. The molecule has 6 nitrogen and oxygen atoms in total. The minimum atomic E-state index is -3.61. The van der Waals surface area contributed by atoms with Crippen LogP contribution in [0.2, 0.25) is 0 Å². The number of aromatic amines is 1. The van der Waals surface area contributed by atoms with Crippen molar-refractivity contribution in [3.05, 3.63) is 58.8 Å². The van der Waals surface area contributed by atoms with Gasteiger partial charge in [0.2, 0.25) is 9.84 Å². The molecule has 0 bridgehead atoms. The Labute approximate surface area is 146 Å². The highest BCUT2D eigenvalue weighted by atomic mass is 32.2. The van der Waals surface area contributed by atoms with Gasteiger partial charge in [0.15, 0.2) is 0 Å².